The van der Waals surface area contributed by atoms with Gasteiger partial charge in [-0.05, 0) is 32.1 Å². The topological polar surface area (TPSA) is 59.9 Å². The summed E-state index contributed by atoms with van der Waals surface area (Å²) in [5.74, 6) is 0.733. The van der Waals surface area contributed by atoms with Gasteiger partial charge in [0.05, 0.1) is 10.9 Å². The van der Waals surface area contributed by atoms with Crippen LogP contribution in [0.5, 0.6) is 0 Å². The zero-order valence-corrected chi connectivity index (χ0v) is 15.2. The highest BCUT2D eigenvalue weighted by atomic mass is 35.5. The number of aliphatic imine (C=N–C) groups is 1. The van der Waals surface area contributed by atoms with Crippen molar-refractivity contribution in [1.29, 1.82) is 0 Å². The maximum atomic E-state index is 10.1. The second-order valence-electron chi connectivity index (χ2n) is 4.83. The van der Waals surface area contributed by atoms with Crippen LogP contribution in [0.1, 0.15) is 31.8 Å². The molecule has 0 bridgehead atoms. The van der Waals surface area contributed by atoms with Gasteiger partial charge in [0, 0.05) is 24.5 Å². The lowest BCUT2D eigenvalue weighted by molar-refractivity contribution is 0.191. The second kappa shape index (κ2) is 10.8. The fraction of sp³-hybridized carbons (Fsp3) is 0.667. The summed E-state index contributed by atoms with van der Waals surface area (Å²) in [5, 5.41) is 16.6. The van der Waals surface area contributed by atoms with Crippen LogP contribution < -0.4 is 10.6 Å². The fourth-order valence-electron chi connectivity index (χ4n) is 1.99. The first-order valence-electron chi connectivity index (χ1n) is 7.78. The number of nitrogens with one attached hydrogen (secondary N) is 2. The van der Waals surface area contributed by atoms with Gasteiger partial charge in [-0.15, -0.1) is 11.3 Å². The zero-order valence-electron chi connectivity index (χ0n) is 13.6. The molecule has 1 aromatic heterocycles. The summed E-state index contributed by atoms with van der Waals surface area (Å²) >= 11 is 7.27. The number of aliphatic hydroxyl groups is 1. The smallest absolute Gasteiger partial charge is 0.191 e. The SMILES string of the molecule is CCNC(=NCC(O)c1ccc(Cl)s1)NCCN(CC)CC. The highest BCUT2D eigenvalue weighted by Gasteiger charge is 2.10. The lowest BCUT2D eigenvalue weighted by Gasteiger charge is -2.19. The molecule has 0 aliphatic carbocycles. The van der Waals surface area contributed by atoms with Gasteiger partial charge in [-0.2, -0.15) is 0 Å². The number of hydrogen-bond acceptors (Lipinski definition) is 4. The number of likely N-dealkylation sites (N-methyl/N-ethyl adjacent to an activating group) is 1. The monoisotopic (exact) mass is 346 g/mol. The predicted molar refractivity (Wildman–Crippen MR) is 96.1 cm³/mol. The predicted octanol–water partition coefficient (Wildman–Crippen LogP) is 2.33. The summed E-state index contributed by atoms with van der Waals surface area (Å²) in [5.41, 5.74) is 0. The number of rotatable bonds is 9. The van der Waals surface area contributed by atoms with E-state index < -0.39 is 6.10 Å². The third-order valence-electron chi connectivity index (χ3n) is 3.30. The molecule has 0 saturated heterocycles. The molecule has 0 aliphatic rings. The van der Waals surface area contributed by atoms with Gasteiger partial charge in [0.1, 0.15) is 6.10 Å². The van der Waals surface area contributed by atoms with E-state index in [1.807, 2.05) is 13.0 Å². The van der Waals surface area contributed by atoms with Crippen LogP contribution in [-0.4, -0.2) is 55.2 Å². The van der Waals surface area contributed by atoms with Crippen LogP contribution in [0.4, 0.5) is 0 Å². The Bertz CT molecular complexity index is 449. The Morgan fingerprint density at radius 2 is 2.05 bits per heavy atom. The molecule has 1 atom stereocenters. The molecule has 0 fully saturated rings. The average Bonchev–Trinajstić information content (AvgIpc) is 2.95. The molecule has 3 N–H and O–H groups in total. The minimum atomic E-state index is -0.615. The molecule has 7 heteroatoms. The summed E-state index contributed by atoms with van der Waals surface area (Å²) < 4.78 is 0.683. The molecular weight excluding hydrogens is 320 g/mol. The van der Waals surface area contributed by atoms with Crippen LogP contribution in [0.25, 0.3) is 0 Å². The van der Waals surface area contributed by atoms with Crippen molar-refractivity contribution in [2.75, 3.05) is 39.3 Å². The van der Waals surface area contributed by atoms with Gasteiger partial charge in [0.2, 0.25) is 0 Å². The van der Waals surface area contributed by atoms with Gasteiger partial charge in [-0.25, -0.2) is 0 Å². The summed E-state index contributed by atoms with van der Waals surface area (Å²) in [6.45, 7) is 11.3. The van der Waals surface area contributed by atoms with E-state index in [9.17, 15) is 5.11 Å². The molecule has 0 amide bonds. The van der Waals surface area contributed by atoms with E-state index in [-0.39, 0.29) is 0 Å². The van der Waals surface area contributed by atoms with Crippen molar-refractivity contribution in [1.82, 2.24) is 15.5 Å². The molecule has 0 aromatic carbocycles. The van der Waals surface area contributed by atoms with Gasteiger partial charge >= 0.3 is 0 Å². The fourth-order valence-corrected chi connectivity index (χ4v) is 3.03. The first-order valence-corrected chi connectivity index (χ1v) is 8.97. The van der Waals surface area contributed by atoms with Crippen molar-refractivity contribution in [3.63, 3.8) is 0 Å². The molecular formula is C15H27ClN4OS. The first-order chi connectivity index (χ1) is 10.6. The molecule has 1 heterocycles. The van der Waals surface area contributed by atoms with Crippen LogP contribution in [0, 0.1) is 0 Å². The third kappa shape index (κ3) is 6.96. The van der Waals surface area contributed by atoms with Crippen molar-refractivity contribution in [2.24, 2.45) is 4.99 Å². The Morgan fingerprint density at radius 3 is 2.59 bits per heavy atom. The maximum absolute atomic E-state index is 10.1. The Labute approximate surface area is 142 Å². The molecule has 126 valence electrons. The minimum absolute atomic E-state index is 0.317. The van der Waals surface area contributed by atoms with E-state index in [0.29, 0.717) is 10.9 Å². The van der Waals surface area contributed by atoms with Crippen LogP contribution in [0.2, 0.25) is 4.34 Å². The molecule has 1 unspecified atom stereocenters. The van der Waals surface area contributed by atoms with Crippen molar-refractivity contribution in [3.05, 3.63) is 21.3 Å². The number of guanidine groups is 1. The quantitative estimate of drug-likeness (QED) is 0.474. The summed E-state index contributed by atoms with van der Waals surface area (Å²) in [4.78, 5) is 7.62. The van der Waals surface area contributed by atoms with Crippen molar-refractivity contribution >= 4 is 28.9 Å². The van der Waals surface area contributed by atoms with Crippen LogP contribution in [0.3, 0.4) is 0 Å². The zero-order chi connectivity index (χ0) is 16.4. The van der Waals surface area contributed by atoms with E-state index in [1.54, 1.807) is 6.07 Å². The Morgan fingerprint density at radius 1 is 1.32 bits per heavy atom. The normalized spacial score (nSPS) is 13.5. The summed E-state index contributed by atoms with van der Waals surface area (Å²) in [6, 6.07) is 3.63. The number of nitrogens with zero attached hydrogens (tertiary/aromatic N) is 2. The summed E-state index contributed by atoms with van der Waals surface area (Å²) in [6.07, 6.45) is -0.615. The van der Waals surface area contributed by atoms with E-state index in [2.05, 4.69) is 34.4 Å². The maximum Gasteiger partial charge on any atom is 0.191 e. The molecule has 1 rings (SSSR count). The largest absolute Gasteiger partial charge is 0.386 e. The van der Waals surface area contributed by atoms with Crippen LogP contribution in [0.15, 0.2) is 17.1 Å². The van der Waals surface area contributed by atoms with Crippen LogP contribution >= 0.6 is 22.9 Å². The Kier molecular flexibility index (Phi) is 9.47. The van der Waals surface area contributed by atoms with Gasteiger partial charge < -0.3 is 20.6 Å². The van der Waals surface area contributed by atoms with E-state index in [1.165, 1.54) is 11.3 Å². The molecule has 1 aromatic rings. The standard InChI is InChI=1S/C15H27ClN4OS/c1-4-17-15(18-9-10-20(5-2)6-3)19-11-12(21)13-7-8-14(16)22-13/h7-8,12,21H,4-6,9-11H2,1-3H3,(H2,17,18,19). The highest BCUT2D eigenvalue weighted by molar-refractivity contribution is 7.16. The number of halogens is 1. The lowest BCUT2D eigenvalue weighted by Crippen LogP contribution is -2.41. The van der Waals surface area contributed by atoms with Gasteiger partial charge in [-0.1, -0.05) is 25.4 Å². The average molecular weight is 347 g/mol. The highest BCUT2D eigenvalue weighted by Crippen LogP contribution is 2.26. The Hall–Kier alpha value is -0.820. The van der Waals surface area contributed by atoms with Crippen LogP contribution in [-0.2, 0) is 0 Å². The van der Waals surface area contributed by atoms with Gasteiger partial charge in [-0.3, -0.25) is 4.99 Å². The first kappa shape index (κ1) is 19.2. The Balaban J connectivity index is 2.47. The van der Waals surface area contributed by atoms with Crippen molar-refractivity contribution < 1.29 is 5.11 Å². The molecule has 5 nitrogen and oxygen atoms in total. The lowest BCUT2D eigenvalue weighted by atomic mass is 10.3. The van der Waals surface area contributed by atoms with E-state index in [4.69, 9.17) is 11.6 Å². The van der Waals surface area contributed by atoms with Gasteiger partial charge in [0.15, 0.2) is 5.96 Å². The van der Waals surface area contributed by atoms with Gasteiger partial charge in [0.25, 0.3) is 0 Å². The minimum Gasteiger partial charge on any atom is -0.386 e. The molecule has 0 spiro atoms. The second-order valence-corrected chi connectivity index (χ2v) is 6.58. The molecule has 22 heavy (non-hydrogen) atoms. The number of thiophene rings is 1. The third-order valence-corrected chi connectivity index (χ3v) is 4.64. The summed E-state index contributed by atoms with van der Waals surface area (Å²) in [7, 11) is 0. The number of aliphatic hydroxyl groups excluding tert-OH is 1. The molecule has 0 radical (unpaired) electrons. The van der Waals surface area contributed by atoms with E-state index in [0.717, 1.165) is 43.6 Å². The van der Waals surface area contributed by atoms with Crippen molar-refractivity contribution in [3.8, 4) is 0 Å². The molecule has 0 saturated carbocycles. The van der Waals surface area contributed by atoms with Crippen molar-refractivity contribution in [2.45, 2.75) is 26.9 Å². The number of hydrogen-bond donors (Lipinski definition) is 3. The molecule has 0 aliphatic heterocycles. The van der Waals surface area contributed by atoms with E-state index >= 15 is 0 Å².